The molecule has 0 fully saturated rings. The van der Waals surface area contributed by atoms with Gasteiger partial charge in [0.05, 0.1) is 12.6 Å². The summed E-state index contributed by atoms with van der Waals surface area (Å²) in [7, 11) is 2.10. The normalized spacial score (nSPS) is 32.4. The Kier molecular flexibility index (Phi) is 2.80. The third-order valence-electron chi connectivity index (χ3n) is 4.24. The molecule has 1 aliphatic heterocycles. The van der Waals surface area contributed by atoms with Crippen molar-refractivity contribution in [2.24, 2.45) is 11.1 Å². The summed E-state index contributed by atoms with van der Waals surface area (Å²) in [5.41, 5.74) is 11.1. The highest BCUT2D eigenvalue weighted by Crippen LogP contribution is 2.39. The number of nitrogens with one attached hydrogen (secondary N) is 1. The van der Waals surface area contributed by atoms with Crippen molar-refractivity contribution in [3.63, 3.8) is 0 Å². The number of nitrogens with zero attached hydrogens (tertiary/aromatic N) is 1. The molecule has 1 aromatic rings. The van der Waals surface area contributed by atoms with Gasteiger partial charge in [0.2, 0.25) is 5.82 Å². The summed E-state index contributed by atoms with van der Waals surface area (Å²) in [6.45, 7) is 8.88. The van der Waals surface area contributed by atoms with Crippen molar-refractivity contribution in [2.75, 3.05) is 7.05 Å². The number of benzene rings is 1. The van der Waals surface area contributed by atoms with Crippen molar-refractivity contribution in [1.82, 2.24) is 10.0 Å². The average molecular weight is 246 g/mol. The highest BCUT2D eigenvalue weighted by Gasteiger charge is 2.50. The summed E-state index contributed by atoms with van der Waals surface area (Å²) in [4.78, 5) is 0. The van der Waals surface area contributed by atoms with Gasteiger partial charge in [0, 0.05) is 18.2 Å². The zero-order chi connectivity index (χ0) is 13.6. The van der Waals surface area contributed by atoms with E-state index in [0.29, 0.717) is 4.59 Å². The second kappa shape index (κ2) is 3.84. The maximum Gasteiger partial charge on any atom is 0.221 e. The van der Waals surface area contributed by atoms with Gasteiger partial charge < -0.3 is 5.73 Å². The van der Waals surface area contributed by atoms with Crippen LogP contribution in [-0.2, 0) is 0 Å². The topological polar surface area (TPSA) is 38.0 Å². The van der Waals surface area contributed by atoms with Gasteiger partial charge in [-0.3, -0.25) is 0 Å². The van der Waals surface area contributed by atoms with E-state index in [0.717, 1.165) is 11.5 Å². The smallest absolute Gasteiger partial charge is 0.221 e. The van der Waals surface area contributed by atoms with E-state index in [1.54, 1.807) is 0 Å². The van der Waals surface area contributed by atoms with Crippen molar-refractivity contribution >= 4 is 5.69 Å². The number of nitrogens with two attached hydrogens (primary N) is 1. The molecule has 0 aliphatic carbocycles. The lowest BCUT2D eigenvalue weighted by molar-refractivity contribution is 0.145. The minimum atomic E-state index is -0.123. The molecule has 1 aliphatic rings. The number of hydrogen-bond donors (Lipinski definition) is 2. The van der Waals surface area contributed by atoms with Crippen molar-refractivity contribution < 1.29 is 0 Å². The Balaban J connectivity index is 2.44. The maximum absolute atomic E-state index is 6.29. The molecule has 1 heterocycles. The van der Waals surface area contributed by atoms with Gasteiger partial charge in [0.25, 0.3) is 0 Å². The largest absolute Gasteiger partial charge is 0.353 e. The first-order valence-corrected chi connectivity index (χ1v) is 6.39. The molecule has 3 nitrogen and oxygen atoms in total. The molecule has 0 amide bonds. The summed E-state index contributed by atoms with van der Waals surface area (Å²) in [6.07, 6.45) is 2.15. The number of para-hydroxylation sites is 1. The van der Waals surface area contributed by atoms with Crippen LogP contribution in [0.25, 0.3) is 0 Å². The van der Waals surface area contributed by atoms with Gasteiger partial charge >= 0.3 is 0 Å². The summed E-state index contributed by atoms with van der Waals surface area (Å²) >= 11 is 0. The van der Waals surface area contributed by atoms with Crippen LogP contribution in [0.5, 0.6) is 0 Å². The Morgan fingerprint density at radius 3 is 2.17 bits per heavy atom. The Morgan fingerprint density at radius 1 is 1.17 bits per heavy atom. The lowest BCUT2D eigenvalue weighted by Gasteiger charge is -2.39. The molecule has 0 saturated heterocycles. The van der Waals surface area contributed by atoms with E-state index in [4.69, 9.17) is 5.73 Å². The van der Waals surface area contributed by atoms with Crippen LogP contribution < -0.4 is 15.8 Å². The lowest BCUT2D eigenvalue weighted by atomic mass is 9.76. The molecule has 98 valence electrons. The fraction of sp³-hybridized carbons (Fsp3) is 0.467. The molecule has 2 rings (SSSR count). The van der Waals surface area contributed by atoms with E-state index < -0.39 is 0 Å². The zero-order valence-corrected chi connectivity index (χ0v) is 12.0. The van der Waals surface area contributed by atoms with Crippen molar-refractivity contribution in [3.8, 4) is 0 Å². The van der Waals surface area contributed by atoms with Crippen LogP contribution in [0.4, 0.5) is 5.69 Å². The second-order valence-corrected chi connectivity index (χ2v) is 6.48. The van der Waals surface area contributed by atoms with Crippen molar-refractivity contribution in [2.45, 2.75) is 33.2 Å². The summed E-state index contributed by atoms with van der Waals surface area (Å²) in [6, 6.07) is 10.3. The summed E-state index contributed by atoms with van der Waals surface area (Å²) in [5.74, 6) is 0.846. The fourth-order valence-electron chi connectivity index (χ4n) is 2.31. The van der Waals surface area contributed by atoms with Crippen LogP contribution in [0, 0.1) is 5.41 Å². The highest BCUT2D eigenvalue weighted by atomic mass is 15.7. The van der Waals surface area contributed by atoms with Crippen molar-refractivity contribution in [3.05, 3.63) is 42.2 Å². The Hall–Kier alpha value is -1.32. The third kappa shape index (κ3) is 1.84. The zero-order valence-electron chi connectivity index (χ0n) is 12.0. The first kappa shape index (κ1) is 13.1. The number of rotatable bonds is 1. The van der Waals surface area contributed by atoms with Crippen LogP contribution in [-0.4, -0.2) is 12.6 Å². The molecule has 0 saturated carbocycles. The molecule has 3 heteroatoms. The van der Waals surface area contributed by atoms with Gasteiger partial charge in [-0.2, -0.15) is 4.59 Å². The van der Waals surface area contributed by atoms with Gasteiger partial charge in [-0.05, 0) is 12.3 Å². The molecule has 0 aromatic heterocycles. The molecular weight excluding hydrogens is 222 g/mol. The fourth-order valence-corrected chi connectivity index (χ4v) is 2.31. The van der Waals surface area contributed by atoms with Gasteiger partial charge in [-0.25, -0.2) is 0 Å². The minimum Gasteiger partial charge on any atom is -0.353 e. The van der Waals surface area contributed by atoms with Gasteiger partial charge in [0.1, 0.15) is 0 Å². The predicted octanol–water partition coefficient (Wildman–Crippen LogP) is 2.75. The molecule has 0 spiro atoms. The Bertz CT molecular complexity index is 472. The molecule has 0 bridgehead atoms. The molecule has 18 heavy (non-hydrogen) atoms. The van der Waals surface area contributed by atoms with Crippen LogP contribution in [0.15, 0.2) is 42.2 Å². The van der Waals surface area contributed by atoms with E-state index in [2.05, 4.69) is 58.4 Å². The molecular formula is C15H24N3+. The third-order valence-corrected chi connectivity index (χ3v) is 4.24. The first-order chi connectivity index (χ1) is 8.19. The SMILES string of the molecule is CC(C)(C)C1(C)C=C(N)[N+](C)(c2ccccc2)N1. The van der Waals surface area contributed by atoms with Crippen LogP contribution >= 0.6 is 0 Å². The van der Waals surface area contributed by atoms with E-state index in [-0.39, 0.29) is 11.0 Å². The second-order valence-electron chi connectivity index (χ2n) is 6.48. The average Bonchev–Trinajstić information content (AvgIpc) is 2.52. The highest BCUT2D eigenvalue weighted by molar-refractivity contribution is 5.48. The molecule has 0 radical (unpaired) electrons. The Morgan fingerprint density at radius 2 is 1.72 bits per heavy atom. The van der Waals surface area contributed by atoms with E-state index in [9.17, 15) is 0 Å². The maximum atomic E-state index is 6.29. The van der Waals surface area contributed by atoms with Gasteiger partial charge in [-0.1, -0.05) is 39.0 Å². The summed E-state index contributed by atoms with van der Waals surface area (Å²) in [5, 5.41) is 0. The predicted molar refractivity (Wildman–Crippen MR) is 77.4 cm³/mol. The standard InChI is InChI=1S/C15H24N3/c1-14(2,3)15(4)11-13(16)18(5,17-15)12-9-7-6-8-10-12/h6-11,17H,16H2,1-5H3/q+1. The van der Waals surface area contributed by atoms with Crippen molar-refractivity contribution in [1.29, 1.82) is 0 Å². The monoisotopic (exact) mass is 246 g/mol. The van der Waals surface area contributed by atoms with Gasteiger partial charge in [0.15, 0.2) is 5.69 Å². The number of hydrogen-bond acceptors (Lipinski definition) is 2. The first-order valence-electron chi connectivity index (χ1n) is 6.39. The van der Waals surface area contributed by atoms with Crippen LogP contribution in [0.2, 0.25) is 0 Å². The molecule has 2 atom stereocenters. The van der Waals surface area contributed by atoms with E-state index in [1.165, 1.54) is 0 Å². The molecule has 1 aromatic carbocycles. The van der Waals surface area contributed by atoms with E-state index >= 15 is 0 Å². The van der Waals surface area contributed by atoms with Crippen LogP contribution in [0.3, 0.4) is 0 Å². The number of quaternary nitrogens is 1. The molecule has 3 N–H and O–H groups in total. The van der Waals surface area contributed by atoms with Crippen LogP contribution in [0.1, 0.15) is 27.7 Å². The van der Waals surface area contributed by atoms with Gasteiger partial charge in [-0.15, -0.1) is 5.43 Å². The summed E-state index contributed by atoms with van der Waals surface area (Å²) < 4.78 is 0.467. The lowest BCUT2D eigenvalue weighted by Crippen LogP contribution is -2.62. The quantitative estimate of drug-likeness (QED) is 0.748. The Labute approximate surface area is 110 Å². The molecule has 2 unspecified atom stereocenters. The van der Waals surface area contributed by atoms with E-state index in [1.807, 2.05) is 18.2 Å². The minimum absolute atomic E-state index is 0.0996.